The summed E-state index contributed by atoms with van der Waals surface area (Å²) in [5.74, 6) is 0.268. The molecule has 1 N–H and O–H groups in total. The number of nitrogens with zero attached hydrogens (tertiary/aromatic N) is 1. The summed E-state index contributed by atoms with van der Waals surface area (Å²) in [6.07, 6.45) is 5.17. The van der Waals surface area contributed by atoms with Gasteiger partial charge in [0.15, 0.2) is 0 Å². The number of carbonyl (C=O) groups is 1. The first-order chi connectivity index (χ1) is 8.79. The van der Waals surface area contributed by atoms with Crippen LogP contribution in [0, 0.1) is 5.92 Å². The molecule has 1 fully saturated rings. The fraction of sp³-hybridized carbons (Fsp3) is 0.533. The first-order valence-corrected chi connectivity index (χ1v) is 6.81. The van der Waals surface area contributed by atoms with Crippen molar-refractivity contribution in [3.8, 4) is 0 Å². The van der Waals surface area contributed by atoms with E-state index in [0.717, 1.165) is 18.5 Å². The highest BCUT2D eigenvalue weighted by molar-refractivity contribution is 5.96. The lowest BCUT2D eigenvalue weighted by molar-refractivity contribution is -0.117. The Morgan fingerprint density at radius 2 is 2.11 bits per heavy atom. The van der Waals surface area contributed by atoms with E-state index in [-0.39, 0.29) is 18.4 Å². The molecule has 18 heavy (non-hydrogen) atoms. The van der Waals surface area contributed by atoms with E-state index in [1.165, 1.54) is 24.0 Å². The van der Waals surface area contributed by atoms with Crippen molar-refractivity contribution in [2.45, 2.75) is 32.1 Å². The Balaban J connectivity index is 1.95. The van der Waals surface area contributed by atoms with Gasteiger partial charge in [-0.15, -0.1) is 0 Å². The Labute approximate surface area is 107 Å². The number of fused-ring (bicyclic) bond motifs is 1. The summed E-state index contributed by atoms with van der Waals surface area (Å²) < 4.78 is 0. The summed E-state index contributed by atoms with van der Waals surface area (Å²) >= 11 is 0. The normalized spacial score (nSPS) is 23.3. The van der Waals surface area contributed by atoms with Gasteiger partial charge in [0.1, 0.15) is 0 Å². The lowest BCUT2D eigenvalue weighted by Gasteiger charge is -2.25. The summed E-state index contributed by atoms with van der Waals surface area (Å²) in [7, 11) is 0. The lowest BCUT2D eigenvalue weighted by atomic mass is 9.90. The molecule has 1 unspecified atom stereocenters. The van der Waals surface area contributed by atoms with Crippen molar-refractivity contribution < 1.29 is 9.90 Å². The van der Waals surface area contributed by atoms with Crippen molar-refractivity contribution in [3.05, 3.63) is 29.3 Å². The highest BCUT2D eigenvalue weighted by Gasteiger charge is 2.31. The van der Waals surface area contributed by atoms with Crippen molar-refractivity contribution in [2.24, 2.45) is 5.92 Å². The number of aliphatic hydroxyl groups excluding tert-OH is 1. The molecular weight excluding hydrogens is 226 g/mol. The van der Waals surface area contributed by atoms with Crippen LogP contribution < -0.4 is 4.90 Å². The third-order valence-corrected chi connectivity index (χ3v) is 4.13. The van der Waals surface area contributed by atoms with Crippen LogP contribution >= 0.6 is 0 Å². The van der Waals surface area contributed by atoms with E-state index in [1.807, 2.05) is 4.90 Å². The Bertz CT molecular complexity index is 470. The van der Waals surface area contributed by atoms with Crippen molar-refractivity contribution in [2.75, 3.05) is 18.1 Å². The van der Waals surface area contributed by atoms with Gasteiger partial charge in [-0.05, 0) is 42.9 Å². The maximum absolute atomic E-state index is 12.0. The van der Waals surface area contributed by atoms with Crippen LogP contribution in [0.4, 0.5) is 5.69 Å². The number of hydrogen-bond acceptors (Lipinski definition) is 2. The molecule has 1 aromatic carbocycles. The summed E-state index contributed by atoms with van der Waals surface area (Å²) in [4.78, 5) is 13.9. The van der Waals surface area contributed by atoms with Gasteiger partial charge < -0.3 is 10.0 Å². The minimum Gasteiger partial charge on any atom is -0.396 e. The average molecular weight is 245 g/mol. The second-order valence-corrected chi connectivity index (χ2v) is 5.38. The molecule has 3 rings (SSSR count). The van der Waals surface area contributed by atoms with Crippen LogP contribution in [-0.4, -0.2) is 24.2 Å². The van der Waals surface area contributed by atoms with Gasteiger partial charge >= 0.3 is 0 Å². The van der Waals surface area contributed by atoms with Gasteiger partial charge in [0, 0.05) is 31.2 Å². The molecule has 3 heteroatoms. The van der Waals surface area contributed by atoms with Gasteiger partial charge in [-0.1, -0.05) is 12.1 Å². The molecule has 1 aliphatic carbocycles. The highest BCUT2D eigenvalue weighted by Crippen LogP contribution is 2.33. The summed E-state index contributed by atoms with van der Waals surface area (Å²) in [6, 6.07) is 6.29. The molecule has 1 heterocycles. The van der Waals surface area contributed by atoms with Crippen LogP contribution in [0.25, 0.3) is 0 Å². The van der Waals surface area contributed by atoms with Crippen molar-refractivity contribution in [1.82, 2.24) is 0 Å². The third kappa shape index (κ3) is 1.93. The number of amides is 1. The van der Waals surface area contributed by atoms with Crippen LogP contribution in [0.5, 0.6) is 0 Å². The molecule has 1 aromatic rings. The van der Waals surface area contributed by atoms with Crippen molar-refractivity contribution in [1.29, 1.82) is 0 Å². The van der Waals surface area contributed by atoms with E-state index in [0.29, 0.717) is 13.0 Å². The van der Waals surface area contributed by atoms with Crippen LogP contribution in [0.1, 0.15) is 30.4 Å². The van der Waals surface area contributed by atoms with Crippen LogP contribution in [0.2, 0.25) is 0 Å². The second-order valence-electron chi connectivity index (χ2n) is 5.38. The molecule has 0 bridgehead atoms. The second kappa shape index (κ2) is 4.73. The quantitative estimate of drug-likeness (QED) is 0.864. The van der Waals surface area contributed by atoms with E-state index < -0.39 is 0 Å². The number of anilines is 1. The summed E-state index contributed by atoms with van der Waals surface area (Å²) in [5, 5.41) is 9.21. The average Bonchev–Trinajstić information content (AvgIpc) is 2.79. The lowest BCUT2D eigenvalue weighted by Crippen LogP contribution is -2.27. The minimum atomic E-state index is 0.108. The maximum Gasteiger partial charge on any atom is 0.227 e. The number of hydrogen-bond donors (Lipinski definition) is 1. The zero-order chi connectivity index (χ0) is 12.5. The molecule has 3 nitrogen and oxygen atoms in total. The number of aryl methyl sites for hydroxylation is 1. The Morgan fingerprint density at radius 1 is 1.28 bits per heavy atom. The van der Waals surface area contributed by atoms with Crippen LogP contribution in [0.15, 0.2) is 18.2 Å². The first kappa shape index (κ1) is 11.7. The molecule has 0 radical (unpaired) electrons. The molecule has 1 amide bonds. The largest absolute Gasteiger partial charge is 0.396 e. The zero-order valence-corrected chi connectivity index (χ0v) is 10.6. The van der Waals surface area contributed by atoms with Gasteiger partial charge in [0.25, 0.3) is 0 Å². The number of benzene rings is 1. The SMILES string of the molecule is O=C1CC(CO)CN1c1cccc2c1CCCC2. The van der Waals surface area contributed by atoms with Crippen molar-refractivity contribution >= 4 is 11.6 Å². The van der Waals surface area contributed by atoms with Gasteiger partial charge in [-0.25, -0.2) is 0 Å². The van der Waals surface area contributed by atoms with Gasteiger partial charge in [-0.3, -0.25) is 4.79 Å². The van der Waals surface area contributed by atoms with Crippen molar-refractivity contribution in [3.63, 3.8) is 0 Å². The topological polar surface area (TPSA) is 40.5 Å². The molecule has 1 aliphatic heterocycles. The zero-order valence-electron chi connectivity index (χ0n) is 10.6. The molecule has 0 aromatic heterocycles. The molecule has 1 saturated heterocycles. The van der Waals surface area contributed by atoms with E-state index in [1.54, 1.807) is 0 Å². The Morgan fingerprint density at radius 3 is 2.89 bits per heavy atom. The van der Waals surface area contributed by atoms with E-state index >= 15 is 0 Å². The monoisotopic (exact) mass is 245 g/mol. The minimum absolute atomic E-state index is 0.108. The Hall–Kier alpha value is -1.35. The Kier molecular flexibility index (Phi) is 3.08. The fourth-order valence-electron chi connectivity index (χ4n) is 3.15. The predicted molar refractivity (Wildman–Crippen MR) is 70.6 cm³/mol. The molecule has 2 aliphatic rings. The first-order valence-electron chi connectivity index (χ1n) is 6.81. The number of aliphatic hydroxyl groups is 1. The standard InChI is InChI=1S/C15H19NO2/c17-10-11-8-15(18)16(9-11)14-7-3-5-12-4-1-2-6-13(12)14/h3,5,7,11,17H,1-2,4,6,8-10H2. The summed E-state index contributed by atoms with van der Waals surface area (Å²) in [6.45, 7) is 0.781. The van der Waals surface area contributed by atoms with Crippen LogP contribution in [-0.2, 0) is 17.6 Å². The number of carbonyl (C=O) groups excluding carboxylic acids is 1. The van der Waals surface area contributed by atoms with Gasteiger partial charge in [0.05, 0.1) is 0 Å². The van der Waals surface area contributed by atoms with Gasteiger partial charge in [0.2, 0.25) is 5.91 Å². The third-order valence-electron chi connectivity index (χ3n) is 4.13. The van der Waals surface area contributed by atoms with Crippen LogP contribution in [0.3, 0.4) is 0 Å². The number of rotatable bonds is 2. The van der Waals surface area contributed by atoms with Gasteiger partial charge in [-0.2, -0.15) is 0 Å². The molecular formula is C15H19NO2. The van der Waals surface area contributed by atoms with E-state index in [9.17, 15) is 9.90 Å². The molecule has 1 atom stereocenters. The smallest absolute Gasteiger partial charge is 0.227 e. The molecule has 96 valence electrons. The molecule has 0 spiro atoms. The maximum atomic E-state index is 12.0. The van der Waals surface area contributed by atoms with E-state index in [2.05, 4.69) is 18.2 Å². The highest BCUT2D eigenvalue weighted by atomic mass is 16.3. The summed E-state index contributed by atoms with van der Waals surface area (Å²) in [5.41, 5.74) is 3.85. The molecule has 0 saturated carbocycles. The van der Waals surface area contributed by atoms with E-state index in [4.69, 9.17) is 0 Å². The fourth-order valence-corrected chi connectivity index (χ4v) is 3.15. The predicted octanol–water partition coefficient (Wildman–Crippen LogP) is 1.91.